The lowest BCUT2D eigenvalue weighted by Gasteiger charge is -2.19. The van der Waals surface area contributed by atoms with Gasteiger partial charge in [0, 0.05) is 12.6 Å². The molecule has 1 aliphatic heterocycles. The smallest absolute Gasteiger partial charge is 0.0966 e. The molecular formula is C7H15NO2. The van der Waals surface area contributed by atoms with E-state index in [0.29, 0.717) is 12.5 Å². The number of aliphatic hydroxyl groups is 2. The molecule has 1 aliphatic rings. The molecule has 60 valence electrons. The predicted octanol–water partition coefficient (Wildman–Crippen LogP) is -0.664. The Kier molecular flexibility index (Phi) is 2.28. The molecule has 3 N–H and O–H groups in total. The predicted molar refractivity (Wildman–Crippen MR) is 38.6 cm³/mol. The van der Waals surface area contributed by atoms with Gasteiger partial charge in [0.1, 0.15) is 0 Å². The van der Waals surface area contributed by atoms with E-state index in [1.165, 1.54) is 0 Å². The number of hydrogen-bond acceptors (Lipinski definition) is 3. The van der Waals surface area contributed by atoms with Gasteiger partial charge in [-0.25, -0.2) is 0 Å². The zero-order valence-corrected chi connectivity index (χ0v) is 6.41. The molecule has 0 bridgehead atoms. The van der Waals surface area contributed by atoms with Crippen LogP contribution < -0.4 is 5.32 Å². The van der Waals surface area contributed by atoms with Crippen molar-refractivity contribution in [3.05, 3.63) is 0 Å². The molecule has 3 heteroatoms. The molecule has 1 fully saturated rings. The first-order valence-electron chi connectivity index (χ1n) is 3.72. The van der Waals surface area contributed by atoms with Crippen LogP contribution in [-0.4, -0.2) is 35.0 Å². The Hall–Kier alpha value is -0.120. The maximum atomic E-state index is 9.32. The molecule has 0 aliphatic carbocycles. The lowest BCUT2D eigenvalue weighted by atomic mass is 10.00. The van der Waals surface area contributed by atoms with Crippen molar-refractivity contribution in [1.82, 2.24) is 5.32 Å². The van der Waals surface area contributed by atoms with Crippen molar-refractivity contribution in [3.8, 4) is 0 Å². The van der Waals surface area contributed by atoms with E-state index in [9.17, 15) is 5.11 Å². The van der Waals surface area contributed by atoms with Crippen LogP contribution in [0.15, 0.2) is 0 Å². The summed E-state index contributed by atoms with van der Waals surface area (Å²) >= 11 is 0. The Bertz CT molecular complexity index is 116. The lowest BCUT2D eigenvalue weighted by Crippen LogP contribution is -2.37. The molecule has 0 aromatic rings. The Morgan fingerprint density at radius 3 is 2.20 bits per heavy atom. The van der Waals surface area contributed by atoms with Crippen molar-refractivity contribution >= 4 is 0 Å². The van der Waals surface area contributed by atoms with Gasteiger partial charge in [0.15, 0.2) is 0 Å². The first-order valence-corrected chi connectivity index (χ1v) is 3.72. The summed E-state index contributed by atoms with van der Waals surface area (Å²) in [6.45, 7) is 4.57. The summed E-state index contributed by atoms with van der Waals surface area (Å²) in [5.74, 6) is 0.382. The summed E-state index contributed by atoms with van der Waals surface area (Å²) in [7, 11) is 0. The van der Waals surface area contributed by atoms with Crippen LogP contribution in [-0.2, 0) is 0 Å². The van der Waals surface area contributed by atoms with Gasteiger partial charge in [-0.15, -0.1) is 0 Å². The third-order valence-corrected chi connectivity index (χ3v) is 2.04. The van der Waals surface area contributed by atoms with Gasteiger partial charge in [-0.05, 0) is 5.92 Å². The third kappa shape index (κ3) is 1.31. The van der Waals surface area contributed by atoms with Gasteiger partial charge in [-0.2, -0.15) is 0 Å². The number of β-amino-alcohol motifs (C(OH)–C–C–N with tert-alkyl or cyclic N) is 1. The fraction of sp³-hybridized carbons (Fsp3) is 1.00. The highest BCUT2D eigenvalue weighted by atomic mass is 16.3. The van der Waals surface area contributed by atoms with Gasteiger partial charge in [0.2, 0.25) is 0 Å². The van der Waals surface area contributed by atoms with Crippen LogP contribution in [0, 0.1) is 5.92 Å². The maximum Gasteiger partial charge on any atom is 0.0966 e. The highest BCUT2D eigenvalue weighted by Crippen LogP contribution is 2.14. The zero-order valence-electron chi connectivity index (χ0n) is 6.41. The monoisotopic (exact) mass is 145 g/mol. The minimum Gasteiger partial charge on any atom is -0.389 e. The molecule has 0 amide bonds. The normalized spacial score (nSPS) is 41.1. The van der Waals surface area contributed by atoms with Crippen molar-refractivity contribution in [2.75, 3.05) is 6.54 Å². The van der Waals surface area contributed by atoms with E-state index in [4.69, 9.17) is 5.11 Å². The van der Waals surface area contributed by atoms with Crippen LogP contribution in [0.4, 0.5) is 0 Å². The molecule has 3 atom stereocenters. The van der Waals surface area contributed by atoms with E-state index >= 15 is 0 Å². The topological polar surface area (TPSA) is 52.5 Å². The Morgan fingerprint density at radius 2 is 2.00 bits per heavy atom. The van der Waals surface area contributed by atoms with Crippen LogP contribution >= 0.6 is 0 Å². The van der Waals surface area contributed by atoms with Crippen molar-refractivity contribution in [1.29, 1.82) is 0 Å². The van der Waals surface area contributed by atoms with Gasteiger partial charge >= 0.3 is 0 Å². The number of hydrogen-bond donors (Lipinski definition) is 3. The average molecular weight is 145 g/mol. The van der Waals surface area contributed by atoms with Crippen LogP contribution in [0.5, 0.6) is 0 Å². The molecule has 0 saturated carbocycles. The largest absolute Gasteiger partial charge is 0.389 e. The molecule has 10 heavy (non-hydrogen) atoms. The summed E-state index contributed by atoms with van der Waals surface area (Å²) in [6, 6.07) is 0.0648. The molecule has 0 aromatic heterocycles. The summed E-state index contributed by atoms with van der Waals surface area (Å²) in [5, 5.41) is 21.5. The van der Waals surface area contributed by atoms with Crippen molar-refractivity contribution in [3.63, 3.8) is 0 Å². The first-order chi connectivity index (χ1) is 4.63. The zero-order chi connectivity index (χ0) is 7.72. The van der Waals surface area contributed by atoms with Crippen LogP contribution in [0.1, 0.15) is 13.8 Å². The van der Waals surface area contributed by atoms with Crippen LogP contribution in [0.25, 0.3) is 0 Å². The molecule has 3 unspecified atom stereocenters. The Labute approximate surface area is 61.1 Å². The molecular weight excluding hydrogens is 130 g/mol. The van der Waals surface area contributed by atoms with Crippen LogP contribution in [0.3, 0.4) is 0 Å². The second kappa shape index (κ2) is 2.86. The van der Waals surface area contributed by atoms with E-state index < -0.39 is 12.2 Å². The minimum atomic E-state index is -0.583. The first kappa shape index (κ1) is 7.98. The van der Waals surface area contributed by atoms with Crippen molar-refractivity contribution in [2.45, 2.75) is 32.1 Å². The van der Waals surface area contributed by atoms with Crippen molar-refractivity contribution < 1.29 is 10.2 Å². The Morgan fingerprint density at radius 1 is 1.40 bits per heavy atom. The van der Waals surface area contributed by atoms with E-state index in [-0.39, 0.29) is 6.04 Å². The summed E-state index contributed by atoms with van der Waals surface area (Å²) in [4.78, 5) is 0. The number of nitrogens with one attached hydrogen (secondary N) is 1. The average Bonchev–Trinajstić information content (AvgIpc) is 2.14. The Balaban J connectivity index is 2.49. The third-order valence-electron chi connectivity index (χ3n) is 2.04. The minimum absolute atomic E-state index is 0.0648. The van der Waals surface area contributed by atoms with Gasteiger partial charge in [-0.1, -0.05) is 13.8 Å². The van der Waals surface area contributed by atoms with Crippen molar-refractivity contribution in [2.24, 2.45) is 5.92 Å². The van der Waals surface area contributed by atoms with Gasteiger partial charge in [0.05, 0.1) is 12.2 Å². The molecule has 1 saturated heterocycles. The van der Waals surface area contributed by atoms with E-state index in [2.05, 4.69) is 5.32 Å². The highest BCUT2D eigenvalue weighted by molar-refractivity contribution is 4.91. The van der Waals surface area contributed by atoms with Gasteiger partial charge in [0.25, 0.3) is 0 Å². The number of rotatable bonds is 1. The highest BCUT2D eigenvalue weighted by Gasteiger charge is 2.34. The molecule has 0 spiro atoms. The second-order valence-corrected chi connectivity index (χ2v) is 3.24. The van der Waals surface area contributed by atoms with E-state index in [1.807, 2.05) is 13.8 Å². The maximum absolute atomic E-state index is 9.32. The summed E-state index contributed by atoms with van der Waals surface area (Å²) in [5.41, 5.74) is 0. The molecule has 1 heterocycles. The molecule has 0 aromatic carbocycles. The van der Waals surface area contributed by atoms with E-state index in [0.717, 1.165) is 0 Å². The summed E-state index contributed by atoms with van der Waals surface area (Å²) < 4.78 is 0. The van der Waals surface area contributed by atoms with Gasteiger partial charge < -0.3 is 15.5 Å². The summed E-state index contributed by atoms with van der Waals surface area (Å²) in [6.07, 6.45) is -1.16. The number of aliphatic hydroxyl groups excluding tert-OH is 2. The lowest BCUT2D eigenvalue weighted by molar-refractivity contribution is 0.0328. The quantitative estimate of drug-likeness (QED) is 0.459. The molecule has 1 rings (SSSR count). The fourth-order valence-electron chi connectivity index (χ4n) is 1.37. The van der Waals surface area contributed by atoms with Gasteiger partial charge in [-0.3, -0.25) is 0 Å². The standard InChI is InChI=1S/C7H15NO2/c1-4(2)6-7(10)5(9)3-8-6/h4-10H,3H2,1-2H3. The van der Waals surface area contributed by atoms with E-state index in [1.54, 1.807) is 0 Å². The fourth-order valence-corrected chi connectivity index (χ4v) is 1.37. The SMILES string of the molecule is CC(C)C1NCC(O)C1O. The second-order valence-electron chi connectivity index (χ2n) is 3.24. The van der Waals surface area contributed by atoms with Crippen LogP contribution in [0.2, 0.25) is 0 Å². The molecule has 0 radical (unpaired) electrons. The molecule has 3 nitrogen and oxygen atoms in total.